The second-order valence-electron chi connectivity index (χ2n) is 5.00. The number of rotatable bonds is 8. The maximum Gasteiger partial charge on any atom is 0.320 e. The molecule has 0 aliphatic carbocycles. The summed E-state index contributed by atoms with van der Waals surface area (Å²) in [5.41, 5.74) is 0. The molecule has 0 bridgehead atoms. The zero-order chi connectivity index (χ0) is 15.7. The van der Waals surface area contributed by atoms with E-state index >= 15 is 0 Å². The van der Waals surface area contributed by atoms with Crippen LogP contribution in [0.15, 0.2) is 24.3 Å². The first-order valence-corrected chi connectivity index (χ1v) is 7.92. The number of benzene rings is 1. The van der Waals surface area contributed by atoms with E-state index in [2.05, 4.69) is 19.2 Å². The van der Waals surface area contributed by atoms with Crippen LogP contribution < -0.4 is 10.1 Å². The lowest BCUT2D eigenvalue weighted by atomic mass is 10.3. The van der Waals surface area contributed by atoms with Crippen LogP contribution in [0.5, 0.6) is 5.75 Å². The number of halogens is 1. The molecule has 4 nitrogen and oxygen atoms in total. The fourth-order valence-electron chi connectivity index (χ4n) is 1.95. The molecule has 2 amide bonds. The van der Waals surface area contributed by atoms with Crippen molar-refractivity contribution in [3.63, 3.8) is 0 Å². The lowest BCUT2D eigenvalue weighted by Crippen LogP contribution is -2.46. The standard InChI is InChI=1S/C16H25ClN2O2/c1-4-6-12-19(11-5-2)16(20)18-13(3)21-15-9-7-14(17)8-10-15/h7-10,13H,4-6,11-12H2,1-3H3,(H,18,20). The van der Waals surface area contributed by atoms with Gasteiger partial charge < -0.3 is 15.0 Å². The van der Waals surface area contributed by atoms with E-state index in [9.17, 15) is 4.79 Å². The summed E-state index contributed by atoms with van der Waals surface area (Å²) in [6.45, 7) is 7.55. The van der Waals surface area contributed by atoms with Crippen molar-refractivity contribution in [2.45, 2.75) is 46.3 Å². The minimum Gasteiger partial charge on any atom is -0.471 e. The van der Waals surface area contributed by atoms with Gasteiger partial charge in [-0.05, 0) is 44.0 Å². The van der Waals surface area contributed by atoms with Gasteiger partial charge in [0, 0.05) is 18.1 Å². The van der Waals surface area contributed by atoms with Crippen molar-refractivity contribution in [1.82, 2.24) is 10.2 Å². The molecule has 0 aliphatic heterocycles. The van der Waals surface area contributed by atoms with Crippen LogP contribution in [0.2, 0.25) is 5.02 Å². The molecule has 1 atom stereocenters. The van der Waals surface area contributed by atoms with Gasteiger partial charge in [-0.25, -0.2) is 4.79 Å². The van der Waals surface area contributed by atoms with Gasteiger partial charge in [-0.1, -0.05) is 31.9 Å². The normalized spacial score (nSPS) is 11.8. The number of nitrogens with zero attached hydrogens (tertiary/aromatic N) is 1. The van der Waals surface area contributed by atoms with Crippen LogP contribution in [-0.2, 0) is 0 Å². The second kappa shape index (κ2) is 9.50. The molecule has 0 spiro atoms. The van der Waals surface area contributed by atoms with E-state index in [4.69, 9.17) is 16.3 Å². The Kier molecular flexibility index (Phi) is 7.98. The molecule has 0 saturated carbocycles. The van der Waals surface area contributed by atoms with Crippen molar-refractivity contribution >= 4 is 17.6 Å². The fraction of sp³-hybridized carbons (Fsp3) is 0.562. The largest absolute Gasteiger partial charge is 0.471 e. The average Bonchev–Trinajstić information content (AvgIpc) is 2.45. The van der Waals surface area contributed by atoms with Crippen LogP contribution in [-0.4, -0.2) is 30.2 Å². The Balaban J connectivity index is 2.48. The summed E-state index contributed by atoms with van der Waals surface area (Å²) in [6, 6.07) is 7.01. The minimum absolute atomic E-state index is 0.0771. The number of hydrogen-bond acceptors (Lipinski definition) is 2. The van der Waals surface area contributed by atoms with Crippen LogP contribution in [0.3, 0.4) is 0 Å². The van der Waals surface area contributed by atoms with Gasteiger partial charge in [-0.2, -0.15) is 0 Å². The first kappa shape index (κ1) is 17.6. The predicted molar refractivity (Wildman–Crippen MR) is 86.8 cm³/mol. The summed E-state index contributed by atoms with van der Waals surface area (Å²) >= 11 is 5.83. The number of carbonyl (C=O) groups excluding carboxylic acids is 1. The Labute approximate surface area is 132 Å². The highest BCUT2D eigenvalue weighted by Crippen LogP contribution is 2.16. The molecule has 0 aliphatic rings. The molecule has 1 rings (SSSR count). The summed E-state index contributed by atoms with van der Waals surface area (Å²) in [7, 11) is 0. The molecular weight excluding hydrogens is 288 g/mol. The average molecular weight is 313 g/mol. The molecule has 0 aromatic heterocycles. The molecule has 118 valence electrons. The Hall–Kier alpha value is -1.42. The van der Waals surface area contributed by atoms with Crippen LogP contribution in [0.25, 0.3) is 0 Å². The van der Waals surface area contributed by atoms with Crippen molar-refractivity contribution in [2.24, 2.45) is 0 Å². The van der Waals surface area contributed by atoms with Crippen LogP contribution in [0, 0.1) is 0 Å². The highest BCUT2D eigenvalue weighted by molar-refractivity contribution is 6.30. The summed E-state index contributed by atoms with van der Waals surface area (Å²) in [5.74, 6) is 0.683. The third-order valence-electron chi connectivity index (χ3n) is 3.02. The van der Waals surface area contributed by atoms with Crippen molar-refractivity contribution in [3.05, 3.63) is 29.3 Å². The summed E-state index contributed by atoms with van der Waals surface area (Å²) in [6.07, 6.45) is 2.65. The van der Waals surface area contributed by atoms with Crippen molar-refractivity contribution in [3.8, 4) is 5.75 Å². The zero-order valence-corrected chi connectivity index (χ0v) is 13.8. The monoisotopic (exact) mass is 312 g/mol. The summed E-state index contributed by atoms with van der Waals surface area (Å²) in [4.78, 5) is 14.0. The number of carbonyl (C=O) groups is 1. The maximum absolute atomic E-state index is 12.2. The van der Waals surface area contributed by atoms with Crippen molar-refractivity contribution in [1.29, 1.82) is 0 Å². The molecule has 1 N–H and O–H groups in total. The second-order valence-corrected chi connectivity index (χ2v) is 5.44. The van der Waals surface area contributed by atoms with Crippen LogP contribution >= 0.6 is 11.6 Å². The van der Waals surface area contributed by atoms with Gasteiger partial charge in [0.15, 0.2) is 6.23 Å². The quantitative estimate of drug-likeness (QED) is 0.728. The first-order chi connectivity index (χ1) is 10.1. The zero-order valence-electron chi connectivity index (χ0n) is 13.1. The predicted octanol–water partition coefficient (Wildman–Crippen LogP) is 4.29. The van der Waals surface area contributed by atoms with E-state index in [1.54, 1.807) is 24.3 Å². The van der Waals surface area contributed by atoms with Gasteiger partial charge in [0.25, 0.3) is 0 Å². The summed E-state index contributed by atoms with van der Waals surface area (Å²) in [5, 5.41) is 3.53. The molecule has 1 unspecified atom stereocenters. The van der Waals surface area contributed by atoms with Gasteiger partial charge >= 0.3 is 6.03 Å². The molecule has 1 aromatic rings. The molecule has 1 aromatic carbocycles. The van der Waals surface area contributed by atoms with Crippen LogP contribution in [0.1, 0.15) is 40.0 Å². The third kappa shape index (κ3) is 6.71. The molecule has 0 radical (unpaired) electrons. The number of nitrogens with one attached hydrogen (secondary N) is 1. The first-order valence-electron chi connectivity index (χ1n) is 7.54. The van der Waals surface area contributed by atoms with Gasteiger partial charge in [0.2, 0.25) is 0 Å². The van der Waals surface area contributed by atoms with E-state index in [0.717, 1.165) is 32.4 Å². The smallest absolute Gasteiger partial charge is 0.320 e. The molecular formula is C16H25ClN2O2. The lowest BCUT2D eigenvalue weighted by molar-refractivity contribution is 0.152. The van der Waals surface area contributed by atoms with Gasteiger partial charge in [0.1, 0.15) is 5.75 Å². The highest BCUT2D eigenvalue weighted by atomic mass is 35.5. The number of urea groups is 1. The Morgan fingerprint density at radius 3 is 2.48 bits per heavy atom. The molecule has 0 heterocycles. The topological polar surface area (TPSA) is 41.6 Å². The van der Waals surface area contributed by atoms with Crippen molar-refractivity contribution < 1.29 is 9.53 Å². The molecule has 0 saturated heterocycles. The van der Waals surface area contributed by atoms with Gasteiger partial charge in [-0.3, -0.25) is 0 Å². The summed E-state index contributed by atoms with van der Waals surface area (Å²) < 4.78 is 5.66. The number of ether oxygens (including phenoxy) is 1. The molecule has 21 heavy (non-hydrogen) atoms. The van der Waals surface area contributed by atoms with Crippen LogP contribution in [0.4, 0.5) is 4.79 Å². The Morgan fingerprint density at radius 2 is 1.90 bits per heavy atom. The van der Waals surface area contributed by atoms with E-state index < -0.39 is 0 Å². The van der Waals surface area contributed by atoms with E-state index in [1.807, 2.05) is 11.8 Å². The Bertz CT molecular complexity index is 423. The van der Waals surface area contributed by atoms with Gasteiger partial charge in [-0.15, -0.1) is 0 Å². The van der Waals surface area contributed by atoms with E-state index in [1.165, 1.54) is 0 Å². The highest BCUT2D eigenvalue weighted by Gasteiger charge is 2.15. The van der Waals surface area contributed by atoms with E-state index in [-0.39, 0.29) is 12.3 Å². The lowest BCUT2D eigenvalue weighted by Gasteiger charge is -2.25. The minimum atomic E-state index is -0.389. The number of hydrogen-bond donors (Lipinski definition) is 1. The number of amides is 2. The molecule has 5 heteroatoms. The van der Waals surface area contributed by atoms with E-state index in [0.29, 0.717) is 10.8 Å². The third-order valence-corrected chi connectivity index (χ3v) is 3.27. The Morgan fingerprint density at radius 1 is 1.24 bits per heavy atom. The fourth-order valence-corrected chi connectivity index (χ4v) is 2.07. The maximum atomic E-state index is 12.2. The number of unbranched alkanes of at least 4 members (excludes halogenated alkanes) is 1. The SMILES string of the molecule is CCCCN(CCC)C(=O)NC(C)Oc1ccc(Cl)cc1. The van der Waals surface area contributed by atoms with Crippen molar-refractivity contribution in [2.75, 3.05) is 13.1 Å². The molecule has 0 fully saturated rings. The van der Waals surface area contributed by atoms with Gasteiger partial charge in [0.05, 0.1) is 0 Å².